The summed E-state index contributed by atoms with van der Waals surface area (Å²) in [5.41, 5.74) is -0.269. The van der Waals surface area contributed by atoms with Gasteiger partial charge in [-0.15, -0.1) is 0 Å². The van der Waals surface area contributed by atoms with Crippen LogP contribution >= 0.6 is 0 Å². The predicted octanol–water partition coefficient (Wildman–Crippen LogP) is 2.06. The summed E-state index contributed by atoms with van der Waals surface area (Å²) in [5.74, 6) is -2.96. The Morgan fingerprint density at radius 2 is 1.43 bits per heavy atom. The summed E-state index contributed by atoms with van der Waals surface area (Å²) in [7, 11) is 3.85. The van der Waals surface area contributed by atoms with Crippen LogP contribution in [-0.4, -0.2) is 42.4 Å². The highest BCUT2D eigenvalue weighted by Crippen LogP contribution is 2.52. The van der Waals surface area contributed by atoms with Gasteiger partial charge in [-0.05, 0) is 12.1 Å². The second kappa shape index (κ2) is 6.35. The molecule has 3 N–H and O–H groups in total. The highest BCUT2D eigenvalue weighted by molar-refractivity contribution is 6.14. The summed E-state index contributed by atoms with van der Waals surface area (Å²) in [5, 5.41) is 30.3. The molecule has 0 saturated heterocycles. The van der Waals surface area contributed by atoms with Crippen molar-refractivity contribution in [3.63, 3.8) is 0 Å². The number of methoxy groups -OCH3 is 3. The summed E-state index contributed by atoms with van der Waals surface area (Å²) in [6, 6.07) is 6.19. The second-order valence-corrected chi connectivity index (χ2v) is 4.55. The Bertz CT molecular complexity index is 721. The zero-order valence-corrected chi connectivity index (χ0v) is 12.8. The third-order valence-electron chi connectivity index (χ3n) is 3.30. The molecule has 0 radical (unpaired) electrons. The number of phenolic OH excluding ortho intramolecular Hbond substituents is 3. The Morgan fingerprint density at radius 1 is 0.870 bits per heavy atom. The van der Waals surface area contributed by atoms with Crippen molar-refractivity contribution >= 4 is 5.78 Å². The van der Waals surface area contributed by atoms with E-state index in [4.69, 9.17) is 14.2 Å². The number of rotatable bonds is 5. The fourth-order valence-electron chi connectivity index (χ4n) is 2.18. The first kappa shape index (κ1) is 16.3. The number of ether oxygens (including phenoxy) is 3. The van der Waals surface area contributed by atoms with Gasteiger partial charge in [0.15, 0.2) is 11.5 Å². The van der Waals surface area contributed by atoms with Crippen molar-refractivity contribution in [2.75, 3.05) is 21.3 Å². The van der Waals surface area contributed by atoms with Crippen LogP contribution in [0.3, 0.4) is 0 Å². The van der Waals surface area contributed by atoms with Crippen molar-refractivity contribution in [1.29, 1.82) is 0 Å². The molecule has 0 amide bonds. The van der Waals surface area contributed by atoms with Crippen LogP contribution in [0.5, 0.6) is 34.5 Å². The molecule has 23 heavy (non-hydrogen) atoms. The van der Waals surface area contributed by atoms with E-state index in [1.54, 1.807) is 12.1 Å². The summed E-state index contributed by atoms with van der Waals surface area (Å²) in [4.78, 5) is 12.6. The van der Waals surface area contributed by atoms with E-state index >= 15 is 0 Å². The predicted molar refractivity (Wildman–Crippen MR) is 81.0 cm³/mol. The van der Waals surface area contributed by atoms with Crippen molar-refractivity contribution in [2.45, 2.75) is 0 Å². The maximum absolute atomic E-state index is 12.6. The first-order chi connectivity index (χ1) is 11.0. The molecule has 0 aromatic heterocycles. The van der Waals surface area contributed by atoms with Crippen molar-refractivity contribution in [3.8, 4) is 34.5 Å². The smallest absolute Gasteiger partial charge is 0.208 e. The number of hydrogen-bond donors (Lipinski definition) is 3. The Balaban J connectivity index is 2.69. The zero-order chi connectivity index (χ0) is 17.1. The van der Waals surface area contributed by atoms with E-state index in [9.17, 15) is 20.1 Å². The number of hydrogen-bond acceptors (Lipinski definition) is 7. The number of ketones is 1. The van der Waals surface area contributed by atoms with Crippen LogP contribution in [0, 0.1) is 0 Å². The zero-order valence-electron chi connectivity index (χ0n) is 12.8. The molecule has 2 aromatic carbocycles. The second-order valence-electron chi connectivity index (χ2n) is 4.55. The number of phenols is 3. The fourth-order valence-corrected chi connectivity index (χ4v) is 2.18. The van der Waals surface area contributed by atoms with Crippen molar-refractivity contribution < 1.29 is 34.3 Å². The van der Waals surface area contributed by atoms with Crippen LogP contribution < -0.4 is 14.2 Å². The Labute approximate surface area is 132 Å². The lowest BCUT2D eigenvalue weighted by Crippen LogP contribution is -2.05. The third-order valence-corrected chi connectivity index (χ3v) is 3.30. The Morgan fingerprint density at radius 3 is 1.91 bits per heavy atom. The summed E-state index contributed by atoms with van der Waals surface area (Å²) in [6.07, 6.45) is 0. The Kier molecular flexibility index (Phi) is 4.49. The molecule has 0 aliphatic rings. The van der Waals surface area contributed by atoms with Gasteiger partial charge in [0.1, 0.15) is 11.3 Å². The average Bonchev–Trinajstić information content (AvgIpc) is 2.55. The van der Waals surface area contributed by atoms with Gasteiger partial charge >= 0.3 is 0 Å². The Hall–Kier alpha value is -3.09. The molecule has 0 aliphatic carbocycles. The van der Waals surface area contributed by atoms with Crippen LogP contribution in [0.25, 0.3) is 0 Å². The number of benzene rings is 2. The highest BCUT2D eigenvalue weighted by atomic mass is 16.5. The topological polar surface area (TPSA) is 105 Å². The first-order valence-electron chi connectivity index (χ1n) is 6.53. The van der Waals surface area contributed by atoms with E-state index in [1.165, 1.54) is 33.5 Å². The van der Waals surface area contributed by atoms with Crippen LogP contribution in [0.2, 0.25) is 0 Å². The van der Waals surface area contributed by atoms with E-state index in [0.717, 1.165) is 0 Å². The molecule has 0 fully saturated rings. The van der Waals surface area contributed by atoms with Gasteiger partial charge in [-0.2, -0.15) is 0 Å². The van der Waals surface area contributed by atoms with Crippen molar-refractivity contribution in [1.82, 2.24) is 0 Å². The number of aromatic hydroxyl groups is 3. The van der Waals surface area contributed by atoms with E-state index < -0.39 is 28.6 Å². The van der Waals surface area contributed by atoms with Gasteiger partial charge in [-0.25, -0.2) is 0 Å². The third kappa shape index (κ3) is 2.68. The maximum Gasteiger partial charge on any atom is 0.208 e. The summed E-state index contributed by atoms with van der Waals surface area (Å²) < 4.78 is 14.8. The quantitative estimate of drug-likeness (QED) is 0.724. The minimum Gasteiger partial charge on any atom is -0.504 e. The molecule has 122 valence electrons. The minimum absolute atomic E-state index is 0.171. The molecule has 7 nitrogen and oxygen atoms in total. The monoisotopic (exact) mass is 320 g/mol. The van der Waals surface area contributed by atoms with Crippen molar-refractivity contribution in [3.05, 3.63) is 35.4 Å². The average molecular weight is 320 g/mol. The molecule has 7 heteroatoms. The minimum atomic E-state index is -0.685. The molecule has 2 aromatic rings. The molecule has 0 heterocycles. The van der Waals surface area contributed by atoms with Gasteiger partial charge in [-0.3, -0.25) is 4.79 Å². The fraction of sp³-hybridized carbons (Fsp3) is 0.188. The lowest BCUT2D eigenvalue weighted by Gasteiger charge is -2.16. The molecule has 2 rings (SSSR count). The van der Waals surface area contributed by atoms with Gasteiger partial charge in [0.05, 0.1) is 21.3 Å². The van der Waals surface area contributed by atoms with Crippen molar-refractivity contribution in [2.24, 2.45) is 0 Å². The van der Waals surface area contributed by atoms with Gasteiger partial charge in [-0.1, -0.05) is 12.1 Å². The van der Waals surface area contributed by atoms with Crippen LogP contribution in [-0.2, 0) is 0 Å². The van der Waals surface area contributed by atoms with Crippen LogP contribution in [0.1, 0.15) is 15.9 Å². The normalized spacial score (nSPS) is 10.2. The highest BCUT2D eigenvalue weighted by Gasteiger charge is 2.30. The SMILES string of the molecule is COc1cccc(C(=O)c2c(O)c(OC)c(O)c(OC)c2O)c1. The summed E-state index contributed by atoms with van der Waals surface area (Å²) in [6.45, 7) is 0. The van der Waals surface area contributed by atoms with E-state index in [0.29, 0.717) is 5.75 Å². The number of carbonyl (C=O) groups is 1. The lowest BCUT2D eigenvalue weighted by molar-refractivity contribution is 0.103. The molecular formula is C16H16O7. The van der Waals surface area contributed by atoms with E-state index in [-0.39, 0.29) is 17.1 Å². The molecule has 0 atom stereocenters. The van der Waals surface area contributed by atoms with Crippen LogP contribution in [0.15, 0.2) is 24.3 Å². The van der Waals surface area contributed by atoms with Crippen LogP contribution in [0.4, 0.5) is 0 Å². The van der Waals surface area contributed by atoms with Gasteiger partial charge < -0.3 is 29.5 Å². The molecule has 0 unspecified atom stereocenters. The molecule has 0 bridgehead atoms. The molecule has 0 aliphatic heterocycles. The summed E-state index contributed by atoms with van der Waals surface area (Å²) >= 11 is 0. The van der Waals surface area contributed by atoms with Gasteiger partial charge in [0, 0.05) is 5.56 Å². The standard InChI is InChI=1S/C16H16O7/c1-21-9-6-4-5-8(7-9)11(17)10-12(18)15(22-2)14(20)16(23-3)13(10)19/h4-7,18-20H,1-3H3. The van der Waals surface area contributed by atoms with E-state index in [1.807, 2.05) is 0 Å². The number of carbonyl (C=O) groups excluding carboxylic acids is 1. The lowest BCUT2D eigenvalue weighted by atomic mass is 9.99. The van der Waals surface area contributed by atoms with Gasteiger partial charge in [0.25, 0.3) is 0 Å². The van der Waals surface area contributed by atoms with E-state index in [2.05, 4.69) is 0 Å². The molecular weight excluding hydrogens is 304 g/mol. The first-order valence-corrected chi connectivity index (χ1v) is 6.53. The molecule has 0 spiro atoms. The largest absolute Gasteiger partial charge is 0.504 e. The van der Waals surface area contributed by atoms with Gasteiger partial charge in [0.2, 0.25) is 23.0 Å². The molecule has 0 saturated carbocycles. The maximum atomic E-state index is 12.6.